The van der Waals surface area contributed by atoms with Gasteiger partial charge >= 0.3 is 0 Å². The van der Waals surface area contributed by atoms with Crippen LogP contribution in [0.4, 0.5) is 0 Å². The summed E-state index contributed by atoms with van der Waals surface area (Å²) >= 11 is 1.53. The van der Waals surface area contributed by atoms with Gasteiger partial charge in [0.1, 0.15) is 11.0 Å². The van der Waals surface area contributed by atoms with E-state index in [2.05, 4.69) is 10.3 Å². The third-order valence-electron chi connectivity index (χ3n) is 2.80. The van der Waals surface area contributed by atoms with E-state index < -0.39 is 6.04 Å². The average Bonchev–Trinajstić information content (AvgIpc) is 2.82. The molecule has 1 atom stereocenters. The summed E-state index contributed by atoms with van der Waals surface area (Å²) in [6.45, 7) is 4.36. The SMILES string of the molecule is Cc1ccc(C(N)C(=O)NCc2nc(C)cs2)cc1.Cl.Cl. The first-order valence-corrected chi connectivity index (χ1v) is 6.95. The zero-order valence-corrected chi connectivity index (χ0v) is 14.3. The van der Waals surface area contributed by atoms with Gasteiger partial charge in [-0.05, 0) is 19.4 Å². The summed E-state index contributed by atoms with van der Waals surface area (Å²) in [6, 6.07) is 7.03. The lowest BCUT2D eigenvalue weighted by molar-refractivity contribution is -0.122. The van der Waals surface area contributed by atoms with Gasteiger partial charge in [-0.3, -0.25) is 4.79 Å². The summed E-state index contributed by atoms with van der Waals surface area (Å²) in [7, 11) is 0. The van der Waals surface area contributed by atoms with Crippen LogP contribution in [-0.4, -0.2) is 10.9 Å². The minimum Gasteiger partial charge on any atom is -0.348 e. The Hall–Kier alpha value is -1.14. The number of hydrogen-bond donors (Lipinski definition) is 2. The smallest absolute Gasteiger partial charge is 0.241 e. The molecule has 2 rings (SSSR count). The molecule has 0 saturated heterocycles. The Kier molecular flexibility index (Phi) is 8.51. The van der Waals surface area contributed by atoms with Crippen molar-refractivity contribution in [2.45, 2.75) is 26.4 Å². The molecule has 1 amide bonds. The Morgan fingerprint density at radius 2 is 1.90 bits per heavy atom. The Labute approximate surface area is 141 Å². The molecule has 0 aliphatic carbocycles. The van der Waals surface area contributed by atoms with E-state index in [0.717, 1.165) is 21.8 Å². The second-order valence-electron chi connectivity index (χ2n) is 4.49. The maximum absolute atomic E-state index is 11.9. The molecule has 1 unspecified atom stereocenters. The van der Waals surface area contributed by atoms with Crippen LogP contribution in [-0.2, 0) is 11.3 Å². The quantitative estimate of drug-likeness (QED) is 0.893. The van der Waals surface area contributed by atoms with E-state index in [-0.39, 0.29) is 30.7 Å². The standard InChI is InChI=1S/C14H17N3OS.2ClH/c1-9-3-5-11(6-4-9)13(15)14(18)16-7-12-17-10(2)8-19-12;;/h3-6,8,13H,7,15H2,1-2H3,(H,16,18);2*1H. The Morgan fingerprint density at radius 3 is 2.43 bits per heavy atom. The first-order chi connectivity index (χ1) is 9.06. The maximum atomic E-state index is 11.9. The average molecular weight is 348 g/mol. The summed E-state index contributed by atoms with van der Waals surface area (Å²) in [4.78, 5) is 16.2. The predicted molar refractivity (Wildman–Crippen MR) is 91.3 cm³/mol. The minimum absolute atomic E-state index is 0. The van der Waals surface area contributed by atoms with Crippen molar-refractivity contribution in [3.63, 3.8) is 0 Å². The molecule has 4 nitrogen and oxygen atoms in total. The number of carbonyl (C=O) groups is 1. The molecule has 1 heterocycles. The molecule has 0 aliphatic rings. The molecule has 1 aromatic heterocycles. The first-order valence-electron chi connectivity index (χ1n) is 6.07. The van der Waals surface area contributed by atoms with Crippen LogP contribution in [0.15, 0.2) is 29.6 Å². The number of rotatable bonds is 4. The normalized spacial score (nSPS) is 11.0. The number of nitrogens with two attached hydrogens (primary N) is 1. The van der Waals surface area contributed by atoms with Gasteiger partial charge in [-0.2, -0.15) is 0 Å². The molecule has 0 spiro atoms. The molecule has 2 aromatic rings. The molecule has 0 fully saturated rings. The molecule has 0 radical (unpaired) electrons. The lowest BCUT2D eigenvalue weighted by atomic mass is 10.1. The van der Waals surface area contributed by atoms with Crippen molar-refractivity contribution in [1.29, 1.82) is 0 Å². The molecule has 0 aliphatic heterocycles. The van der Waals surface area contributed by atoms with Crippen LogP contribution in [0, 0.1) is 13.8 Å². The molecule has 1 aromatic carbocycles. The van der Waals surface area contributed by atoms with Crippen LogP contribution >= 0.6 is 36.2 Å². The zero-order valence-electron chi connectivity index (χ0n) is 11.8. The van der Waals surface area contributed by atoms with E-state index in [4.69, 9.17) is 5.73 Å². The highest BCUT2D eigenvalue weighted by Gasteiger charge is 2.15. The molecule has 0 bridgehead atoms. The van der Waals surface area contributed by atoms with Gasteiger partial charge in [-0.15, -0.1) is 36.2 Å². The number of nitrogens with one attached hydrogen (secondary N) is 1. The Balaban J connectivity index is 0.00000200. The summed E-state index contributed by atoms with van der Waals surface area (Å²) in [5.41, 5.74) is 8.86. The summed E-state index contributed by atoms with van der Waals surface area (Å²) in [6.07, 6.45) is 0. The fourth-order valence-electron chi connectivity index (χ4n) is 1.68. The van der Waals surface area contributed by atoms with Gasteiger partial charge in [0.25, 0.3) is 0 Å². The van der Waals surface area contributed by atoms with Crippen LogP contribution in [0.1, 0.15) is 27.9 Å². The van der Waals surface area contributed by atoms with Crippen molar-refractivity contribution in [1.82, 2.24) is 10.3 Å². The van der Waals surface area contributed by atoms with Gasteiger partial charge in [0.05, 0.1) is 6.54 Å². The summed E-state index contributed by atoms with van der Waals surface area (Å²) in [5, 5.41) is 5.66. The predicted octanol–water partition coefficient (Wildman–Crippen LogP) is 2.92. The van der Waals surface area contributed by atoms with Crippen LogP contribution in [0.3, 0.4) is 0 Å². The summed E-state index contributed by atoms with van der Waals surface area (Å²) in [5.74, 6) is -0.184. The summed E-state index contributed by atoms with van der Waals surface area (Å²) < 4.78 is 0. The monoisotopic (exact) mass is 347 g/mol. The van der Waals surface area contributed by atoms with Crippen LogP contribution in [0.25, 0.3) is 0 Å². The molecular formula is C14H19Cl2N3OS. The highest BCUT2D eigenvalue weighted by molar-refractivity contribution is 7.09. The molecule has 3 N–H and O–H groups in total. The minimum atomic E-state index is -0.637. The van der Waals surface area contributed by atoms with Crippen molar-refractivity contribution in [3.8, 4) is 0 Å². The van der Waals surface area contributed by atoms with E-state index in [1.807, 2.05) is 43.5 Å². The lowest BCUT2D eigenvalue weighted by Gasteiger charge is -2.12. The third-order valence-corrected chi connectivity index (χ3v) is 3.77. The Bertz CT molecular complexity index is 572. The van der Waals surface area contributed by atoms with Crippen molar-refractivity contribution in [2.24, 2.45) is 5.73 Å². The van der Waals surface area contributed by atoms with Crippen LogP contribution < -0.4 is 11.1 Å². The van der Waals surface area contributed by atoms with Gasteiger partial charge in [-0.1, -0.05) is 29.8 Å². The second kappa shape index (κ2) is 9.00. The van der Waals surface area contributed by atoms with E-state index in [0.29, 0.717) is 6.54 Å². The fourth-order valence-corrected chi connectivity index (χ4v) is 2.39. The van der Waals surface area contributed by atoms with E-state index in [1.54, 1.807) is 0 Å². The molecule has 116 valence electrons. The van der Waals surface area contributed by atoms with Gasteiger partial charge in [-0.25, -0.2) is 4.98 Å². The van der Waals surface area contributed by atoms with Crippen molar-refractivity contribution >= 4 is 42.1 Å². The number of carbonyl (C=O) groups excluding carboxylic acids is 1. The van der Waals surface area contributed by atoms with Crippen LogP contribution in [0.2, 0.25) is 0 Å². The number of thiazole rings is 1. The van der Waals surface area contributed by atoms with Crippen molar-refractivity contribution in [3.05, 3.63) is 51.5 Å². The van der Waals surface area contributed by atoms with E-state index in [9.17, 15) is 4.79 Å². The fraction of sp³-hybridized carbons (Fsp3) is 0.286. The number of aryl methyl sites for hydroxylation is 2. The highest BCUT2D eigenvalue weighted by Crippen LogP contribution is 2.12. The van der Waals surface area contributed by atoms with Crippen LogP contribution in [0.5, 0.6) is 0 Å². The van der Waals surface area contributed by atoms with Gasteiger partial charge < -0.3 is 11.1 Å². The van der Waals surface area contributed by atoms with Gasteiger partial charge in [0.15, 0.2) is 0 Å². The van der Waals surface area contributed by atoms with E-state index >= 15 is 0 Å². The van der Waals surface area contributed by atoms with Crippen molar-refractivity contribution < 1.29 is 4.79 Å². The molecular weight excluding hydrogens is 329 g/mol. The molecule has 21 heavy (non-hydrogen) atoms. The number of benzene rings is 1. The number of nitrogens with zero attached hydrogens (tertiary/aromatic N) is 1. The Morgan fingerprint density at radius 1 is 1.29 bits per heavy atom. The lowest BCUT2D eigenvalue weighted by Crippen LogP contribution is -2.33. The van der Waals surface area contributed by atoms with Gasteiger partial charge in [0, 0.05) is 11.1 Å². The number of aromatic nitrogens is 1. The first kappa shape index (κ1) is 19.9. The second-order valence-corrected chi connectivity index (χ2v) is 5.43. The van der Waals surface area contributed by atoms with Gasteiger partial charge in [0.2, 0.25) is 5.91 Å². The molecule has 0 saturated carbocycles. The number of halogens is 2. The molecule has 7 heteroatoms. The highest BCUT2D eigenvalue weighted by atomic mass is 35.5. The topological polar surface area (TPSA) is 68.0 Å². The number of hydrogen-bond acceptors (Lipinski definition) is 4. The number of amides is 1. The van der Waals surface area contributed by atoms with E-state index in [1.165, 1.54) is 11.3 Å². The van der Waals surface area contributed by atoms with Crippen molar-refractivity contribution in [2.75, 3.05) is 0 Å². The largest absolute Gasteiger partial charge is 0.348 e. The zero-order chi connectivity index (χ0) is 13.8. The third kappa shape index (κ3) is 5.63. The maximum Gasteiger partial charge on any atom is 0.241 e.